The highest BCUT2D eigenvalue weighted by atomic mass is 14.9. The van der Waals surface area contributed by atoms with Crippen molar-refractivity contribution in [1.82, 2.24) is 9.97 Å². The number of hydrogen-bond acceptors (Lipinski definition) is 2. The third-order valence-electron chi connectivity index (χ3n) is 12.6. The third kappa shape index (κ3) is 6.54. The Morgan fingerprint density at radius 3 is 1.49 bits per heavy atom. The summed E-state index contributed by atoms with van der Waals surface area (Å²) < 4.78 is 0. The molecule has 0 radical (unpaired) electrons. The average Bonchev–Trinajstić information content (AvgIpc) is 3.65. The van der Waals surface area contributed by atoms with Gasteiger partial charge in [0.15, 0.2) is 5.82 Å². The summed E-state index contributed by atoms with van der Waals surface area (Å²) in [6.07, 6.45) is 8.04. The van der Waals surface area contributed by atoms with Crippen molar-refractivity contribution in [2.45, 2.75) is 17.8 Å². The van der Waals surface area contributed by atoms with Crippen molar-refractivity contribution in [1.29, 1.82) is 0 Å². The lowest BCUT2D eigenvalue weighted by Crippen LogP contribution is -2.28. The van der Waals surface area contributed by atoms with Gasteiger partial charge in [-0.15, -0.1) is 0 Å². The lowest BCUT2D eigenvalue weighted by molar-refractivity contribution is 0.768. The van der Waals surface area contributed by atoms with Gasteiger partial charge < -0.3 is 0 Å². The van der Waals surface area contributed by atoms with E-state index in [1.54, 1.807) is 0 Å². The highest BCUT2D eigenvalue weighted by molar-refractivity contribution is 5.89. The van der Waals surface area contributed by atoms with Gasteiger partial charge in [0.2, 0.25) is 0 Å². The van der Waals surface area contributed by atoms with Crippen LogP contribution in [0.4, 0.5) is 0 Å². The largest absolute Gasteiger partial charge is 0.228 e. The highest BCUT2D eigenvalue weighted by Crippen LogP contribution is 2.56. The molecule has 9 aromatic rings. The van der Waals surface area contributed by atoms with Gasteiger partial charge in [-0.1, -0.05) is 224 Å². The van der Waals surface area contributed by atoms with Gasteiger partial charge in [-0.3, -0.25) is 0 Å². The topological polar surface area (TPSA) is 25.8 Å². The van der Waals surface area contributed by atoms with Crippen molar-refractivity contribution in [2.24, 2.45) is 0 Å². The van der Waals surface area contributed by atoms with E-state index in [0.717, 1.165) is 40.3 Å². The van der Waals surface area contributed by atoms with Crippen LogP contribution in [-0.4, -0.2) is 9.97 Å². The summed E-state index contributed by atoms with van der Waals surface area (Å²) in [6.45, 7) is 0. The molecule has 0 fully saturated rings. The predicted molar refractivity (Wildman–Crippen MR) is 252 cm³/mol. The quantitative estimate of drug-likeness (QED) is 0.154. The fraction of sp³-hybridized carbons (Fsp3) is 0.0508. The van der Waals surface area contributed by atoms with Crippen LogP contribution in [0, 0.1) is 0 Å². The van der Waals surface area contributed by atoms with E-state index in [4.69, 9.17) is 9.97 Å². The van der Waals surface area contributed by atoms with Crippen LogP contribution in [0.15, 0.2) is 237 Å². The normalized spacial score (nSPS) is 14.8. The van der Waals surface area contributed by atoms with Crippen molar-refractivity contribution < 1.29 is 0 Å². The Bertz CT molecular complexity index is 3020. The molecule has 8 aromatic carbocycles. The molecule has 0 amide bonds. The van der Waals surface area contributed by atoms with Crippen LogP contribution in [0.2, 0.25) is 0 Å². The van der Waals surface area contributed by atoms with Gasteiger partial charge in [-0.05, 0) is 79.8 Å². The summed E-state index contributed by atoms with van der Waals surface area (Å²) in [5, 5.41) is 0. The molecule has 1 atom stereocenters. The van der Waals surface area contributed by atoms with Crippen molar-refractivity contribution in [3.05, 3.63) is 270 Å². The molecule has 0 spiro atoms. The first kappa shape index (κ1) is 36.4. The Kier molecular flexibility index (Phi) is 9.24. The molecule has 2 aliphatic carbocycles. The van der Waals surface area contributed by atoms with E-state index < -0.39 is 0 Å². The lowest BCUT2D eigenvalue weighted by atomic mass is 9.67. The Morgan fingerprint density at radius 1 is 0.393 bits per heavy atom. The molecule has 61 heavy (non-hydrogen) atoms. The highest BCUT2D eigenvalue weighted by Gasteiger charge is 2.46. The molecule has 2 aliphatic rings. The summed E-state index contributed by atoms with van der Waals surface area (Å²) in [5.74, 6) is 1.01. The Balaban J connectivity index is 0.879. The molecule has 2 heteroatoms. The standard InChI is InChI=1S/C59H42N2/c1-5-15-41(16-6-1)42-29-33-46(34-30-42)56-40-57(61-58(60-56)48-17-7-2-8-18-48)47-35-31-44(32-36-47)43-25-27-45(28-26-43)49-37-38-55-53(39-49)52-23-13-14-24-54(52)59(55,50-19-9-3-10-20-50)51-21-11-4-12-22-51/h1-25,27-40,43H,26H2. The van der Waals surface area contributed by atoms with E-state index in [1.165, 1.54) is 61.2 Å². The zero-order valence-electron chi connectivity index (χ0n) is 33.7. The monoisotopic (exact) mass is 778 g/mol. The van der Waals surface area contributed by atoms with Crippen molar-refractivity contribution in [3.8, 4) is 56.2 Å². The number of rotatable bonds is 8. The summed E-state index contributed by atoms with van der Waals surface area (Å²) in [7, 11) is 0. The molecule has 1 aromatic heterocycles. The first-order chi connectivity index (χ1) is 30.2. The lowest BCUT2D eigenvalue weighted by Gasteiger charge is -2.33. The molecule has 0 saturated heterocycles. The zero-order chi connectivity index (χ0) is 40.6. The molecule has 11 rings (SSSR count). The maximum Gasteiger partial charge on any atom is 0.160 e. The first-order valence-electron chi connectivity index (χ1n) is 21.2. The first-order valence-corrected chi connectivity index (χ1v) is 21.2. The molecule has 0 saturated carbocycles. The number of benzene rings is 8. The van der Waals surface area contributed by atoms with E-state index in [-0.39, 0.29) is 5.41 Å². The molecule has 1 heterocycles. The molecule has 288 valence electrons. The Labute approximate surface area is 357 Å². The number of allylic oxidation sites excluding steroid dienone is 4. The van der Waals surface area contributed by atoms with Crippen molar-refractivity contribution in [2.75, 3.05) is 0 Å². The van der Waals surface area contributed by atoms with E-state index in [0.29, 0.717) is 5.92 Å². The predicted octanol–water partition coefficient (Wildman–Crippen LogP) is 14.6. The molecular weight excluding hydrogens is 737 g/mol. The summed E-state index contributed by atoms with van der Waals surface area (Å²) >= 11 is 0. The second-order valence-corrected chi connectivity index (χ2v) is 16.0. The Hall–Kier alpha value is -7.68. The fourth-order valence-corrected chi connectivity index (χ4v) is 9.53. The van der Waals surface area contributed by atoms with Crippen LogP contribution < -0.4 is 0 Å². The van der Waals surface area contributed by atoms with E-state index in [9.17, 15) is 0 Å². The van der Waals surface area contributed by atoms with Crippen LogP contribution in [0.5, 0.6) is 0 Å². The van der Waals surface area contributed by atoms with E-state index >= 15 is 0 Å². The second kappa shape index (κ2) is 15.5. The minimum atomic E-state index is -0.383. The summed E-state index contributed by atoms with van der Waals surface area (Å²) in [6, 6.07) is 78.6. The fourth-order valence-electron chi connectivity index (χ4n) is 9.53. The van der Waals surface area contributed by atoms with Gasteiger partial charge in [0, 0.05) is 22.6 Å². The molecule has 2 nitrogen and oxygen atoms in total. The zero-order valence-corrected chi connectivity index (χ0v) is 33.7. The molecule has 0 aliphatic heterocycles. The minimum absolute atomic E-state index is 0.292. The SMILES string of the molecule is C1=CC(c2ccc(-c3cc(-c4ccc(-c5ccccc5)cc4)nc(-c4ccccc4)n3)cc2)CC=C1c1ccc2c(c1)-c1ccccc1C2(c1ccccc1)c1ccccc1. The molecule has 1 unspecified atom stereocenters. The molecule has 0 N–H and O–H groups in total. The third-order valence-corrected chi connectivity index (χ3v) is 12.6. The van der Waals surface area contributed by atoms with E-state index in [2.05, 4.69) is 212 Å². The number of hydrogen-bond donors (Lipinski definition) is 0. The van der Waals surface area contributed by atoms with Gasteiger partial charge >= 0.3 is 0 Å². The summed E-state index contributed by atoms with van der Waals surface area (Å²) in [4.78, 5) is 10.2. The summed E-state index contributed by atoms with van der Waals surface area (Å²) in [5.41, 5.74) is 18.6. The van der Waals surface area contributed by atoms with Gasteiger partial charge in [0.25, 0.3) is 0 Å². The minimum Gasteiger partial charge on any atom is -0.228 e. The van der Waals surface area contributed by atoms with Crippen molar-refractivity contribution >= 4 is 5.57 Å². The van der Waals surface area contributed by atoms with Crippen LogP contribution in [0.25, 0.3) is 61.7 Å². The van der Waals surface area contributed by atoms with Crippen LogP contribution >= 0.6 is 0 Å². The maximum absolute atomic E-state index is 5.10. The molecular formula is C59H42N2. The van der Waals surface area contributed by atoms with Gasteiger partial charge in [0.05, 0.1) is 16.8 Å². The Morgan fingerprint density at radius 2 is 0.885 bits per heavy atom. The maximum atomic E-state index is 5.10. The number of aromatic nitrogens is 2. The smallest absolute Gasteiger partial charge is 0.160 e. The van der Waals surface area contributed by atoms with Crippen molar-refractivity contribution in [3.63, 3.8) is 0 Å². The number of nitrogens with zero attached hydrogens (tertiary/aromatic N) is 2. The van der Waals surface area contributed by atoms with Crippen LogP contribution in [-0.2, 0) is 5.41 Å². The van der Waals surface area contributed by atoms with E-state index in [1.807, 2.05) is 24.3 Å². The van der Waals surface area contributed by atoms with Gasteiger partial charge in [0.1, 0.15) is 0 Å². The second-order valence-electron chi connectivity index (χ2n) is 16.0. The average molecular weight is 779 g/mol. The van der Waals surface area contributed by atoms with Crippen LogP contribution in [0.1, 0.15) is 45.7 Å². The number of fused-ring (bicyclic) bond motifs is 3. The van der Waals surface area contributed by atoms with Gasteiger partial charge in [-0.2, -0.15) is 0 Å². The molecule has 0 bridgehead atoms. The van der Waals surface area contributed by atoms with Gasteiger partial charge in [-0.25, -0.2) is 9.97 Å². The van der Waals surface area contributed by atoms with Crippen LogP contribution in [0.3, 0.4) is 0 Å².